The highest BCUT2D eigenvalue weighted by Crippen LogP contribution is 2.42. The minimum absolute atomic E-state index is 0.102. The van der Waals surface area contributed by atoms with Crippen LogP contribution >= 0.6 is 22.7 Å². The summed E-state index contributed by atoms with van der Waals surface area (Å²) in [7, 11) is 3.35. The molecule has 3 aromatic heterocycles. The van der Waals surface area contributed by atoms with E-state index in [2.05, 4.69) is 44.7 Å². The Bertz CT molecular complexity index is 1120. The smallest absolute Gasteiger partial charge is 0.241 e. The molecule has 1 aliphatic heterocycles. The molecule has 5 rings (SSSR count). The van der Waals surface area contributed by atoms with Crippen LogP contribution in [-0.2, 0) is 13.0 Å². The third-order valence-corrected chi connectivity index (χ3v) is 6.98. The number of ether oxygens (including phenoxy) is 2. The van der Waals surface area contributed by atoms with E-state index in [9.17, 15) is 0 Å². The predicted octanol–water partition coefficient (Wildman–Crippen LogP) is 5.02. The Kier molecular flexibility index (Phi) is 5.28. The molecule has 4 aromatic rings. The maximum absolute atomic E-state index is 5.59. The number of benzene rings is 1. The van der Waals surface area contributed by atoms with E-state index in [0.717, 1.165) is 30.0 Å². The van der Waals surface area contributed by atoms with Gasteiger partial charge in [0, 0.05) is 22.4 Å². The Morgan fingerprint density at radius 2 is 2.03 bits per heavy atom. The SMILES string of the molecule is COc1cc2c(cc1OC)[C@H](c1cccs1)N(Cc1nc(-c3ccsc3)no1)CC2. The highest BCUT2D eigenvalue weighted by Gasteiger charge is 2.32. The fourth-order valence-electron chi connectivity index (χ4n) is 3.95. The number of rotatable bonds is 6. The van der Waals surface area contributed by atoms with Crippen LogP contribution in [0.15, 0.2) is 51.0 Å². The van der Waals surface area contributed by atoms with Crippen LogP contribution in [0.1, 0.15) is 27.9 Å². The van der Waals surface area contributed by atoms with Crippen molar-refractivity contribution in [2.45, 2.75) is 19.0 Å². The van der Waals surface area contributed by atoms with Gasteiger partial charge in [-0.2, -0.15) is 16.3 Å². The maximum Gasteiger partial charge on any atom is 0.241 e. The lowest BCUT2D eigenvalue weighted by Gasteiger charge is -2.36. The van der Waals surface area contributed by atoms with Crippen molar-refractivity contribution in [3.63, 3.8) is 0 Å². The molecule has 1 atom stereocenters. The van der Waals surface area contributed by atoms with Crippen LogP contribution in [0.3, 0.4) is 0 Å². The molecule has 0 saturated heterocycles. The van der Waals surface area contributed by atoms with E-state index in [0.29, 0.717) is 18.3 Å². The number of methoxy groups -OCH3 is 2. The second-order valence-electron chi connectivity index (χ2n) is 7.07. The molecule has 30 heavy (non-hydrogen) atoms. The third kappa shape index (κ3) is 3.51. The predicted molar refractivity (Wildman–Crippen MR) is 117 cm³/mol. The molecular formula is C22H21N3O3S2. The summed E-state index contributed by atoms with van der Waals surface area (Å²) < 4.78 is 16.7. The van der Waals surface area contributed by atoms with E-state index < -0.39 is 0 Å². The first-order valence-corrected chi connectivity index (χ1v) is 11.5. The van der Waals surface area contributed by atoms with Gasteiger partial charge in [0.1, 0.15) is 0 Å². The molecule has 0 bridgehead atoms. The number of thiophene rings is 2. The Labute approximate surface area is 182 Å². The van der Waals surface area contributed by atoms with E-state index in [4.69, 9.17) is 14.0 Å². The number of nitrogens with zero attached hydrogens (tertiary/aromatic N) is 3. The summed E-state index contributed by atoms with van der Waals surface area (Å²) in [5.41, 5.74) is 3.51. The average molecular weight is 440 g/mol. The molecule has 8 heteroatoms. The highest BCUT2D eigenvalue weighted by molar-refractivity contribution is 7.10. The van der Waals surface area contributed by atoms with E-state index in [1.165, 1.54) is 16.0 Å². The van der Waals surface area contributed by atoms with Crippen molar-refractivity contribution in [2.24, 2.45) is 0 Å². The average Bonchev–Trinajstić information content (AvgIpc) is 3.55. The van der Waals surface area contributed by atoms with Gasteiger partial charge in [0.25, 0.3) is 0 Å². The molecule has 0 unspecified atom stereocenters. The summed E-state index contributed by atoms with van der Waals surface area (Å²) in [6.45, 7) is 1.48. The molecule has 4 heterocycles. The van der Waals surface area contributed by atoms with Gasteiger partial charge in [0.05, 0.1) is 26.8 Å². The number of hydrogen-bond acceptors (Lipinski definition) is 8. The molecule has 0 fully saturated rings. The molecule has 0 amide bonds. The zero-order valence-electron chi connectivity index (χ0n) is 16.7. The molecule has 154 valence electrons. The second-order valence-corrected chi connectivity index (χ2v) is 8.83. The summed E-state index contributed by atoms with van der Waals surface area (Å²) in [6, 6.07) is 10.6. The van der Waals surface area contributed by atoms with Crippen molar-refractivity contribution < 1.29 is 14.0 Å². The van der Waals surface area contributed by atoms with Crippen molar-refractivity contribution in [3.05, 3.63) is 68.4 Å². The number of hydrogen-bond donors (Lipinski definition) is 0. The van der Waals surface area contributed by atoms with Crippen LogP contribution in [0.2, 0.25) is 0 Å². The van der Waals surface area contributed by atoms with Crippen LogP contribution < -0.4 is 9.47 Å². The largest absolute Gasteiger partial charge is 0.493 e. The Balaban J connectivity index is 1.50. The minimum atomic E-state index is 0.102. The second kappa shape index (κ2) is 8.22. The van der Waals surface area contributed by atoms with E-state index >= 15 is 0 Å². The van der Waals surface area contributed by atoms with Crippen LogP contribution in [0.5, 0.6) is 11.5 Å². The first kappa shape index (κ1) is 19.3. The quantitative estimate of drug-likeness (QED) is 0.420. The van der Waals surface area contributed by atoms with Gasteiger partial charge in [0.15, 0.2) is 11.5 Å². The number of aromatic nitrogens is 2. The van der Waals surface area contributed by atoms with Crippen molar-refractivity contribution >= 4 is 22.7 Å². The van der Waals surface area contributed by atoms with Crippen molar-refractivity contribution in [1.82, 2.24) is 15.0 Å². The van der Waals surface area contributed by atoms with Crippen LogP contribution in [0.4, 0.5) is 0 Å². The molecule has 0 aliphatic carbocycles. The van der Waals surface area contributed by atoms with Crippen LogP contribution in [0, 0.1) is 0 Å². The summed E-state index contributed by atoms with van der Waals surface area (Å²) in [5.74, 6) is 2.79. The fraction of sp³-hybridized carbons (Fsp3) is 0.273. The molecule has 1 aromatic carbocycles. The van der Waals surface area contributed by atoms with Gasteiger partial charge in [-0.25, -0.2) is 0 Å². The van der Waals surface area contributed by atoms with Crippen molar-refractivity contribution in [2.75, 3.05) is 20.8 Å². The lowest BCUT2D eigenvalue weighted by molar-refractivity contribution is 0.179. The standard InChI is InChI=1S/C22H21N3O3S2/c1-26-17-10-14-5-7-25(12-20-23-22(24-28-20)15-6-9-29-13-15)21(19-4-3-8-30-19)16(14)11-18(17)27-2/h3-4,6,8-11,13,21H,5,7,12H2,1-2H3/t21-/m1/s1. The summed E-state index contributed by atoms with van der Waals surface area (Å²) in [6.07, 6.45) is 0.920. The zero-order valence-corrected chi connectivity index (χ0v) is 18.3. The molecule has 0 N–H and O–H groups in total. The van der Waals surface area contributed by atoms with Gasteiger partial charge in [-0.3, -0.25) is 4.90 Å². The van der Waals surface area contributed by atoms with E-state index in [1.54, 1.807) is 36.9 Å². The van der Waals surface area contributed by atoms with Crippen molar-refractivity contribution in [3.8, 4) is 22.9 Å². The number of fused-ring (bicyclic) bond motifs is 1. The molecule has 0 spiro atoms. The Morgan fingerprint density at radius 1 is 1.17 bits per heavy atom. The molecular weight excluding hydrogens is 418 g/mol. The molecule has 1 aliphatic rings. The highest BCUT2D eigenvalue weighted by atomic mass is 32.1. The van der Waals surface area contributed by atoms with Crippen molar-refractivity contribution in [1.29, 1.82) is 0 Å². The monoisotopic (exact) mass is 439 g/mol. The summed E-state index contributed by atoms with van der Waals surface area (Å²) in [5, 5.41) is 10.3. The van der Waals surface area contributed by atoms with Gasteiger partial charge in [-0.15, -0.1) is 11.3 Å². The van der Waals surface area contributed by atoms with Gasteiger partial charge in [-0.1, -0.05) is 11.2 Å². The Morgan fingerprint density at radius 3 is 2.77 bits per heavy atom. The van der Waals surface area contributed by atoms with Crippen LogP contribution in [-0.4, -0.2) is 35.8 Å². The van der Waals surface area contributed by atoms with Gasteiger partial charge in [0.2, 0.25) is 11.7 Å². The van der Waals surface area contributed by atoms with E-state index in [-0.39, 0.29) is 6.04 Å². The summed E-state index contributed by atoms with van der Waals surface area (Å²) >= 11 is 3.38. The minimum Gasteiger partial charge on any atom is -0.493 e. The molecule has 6 nitrogen and oxygen atoms in total. The lowest BCUT2D eigenvalue weighted by Crippen LogP contribution is -2.35. The molecule has 0 saturated carbocycles. The van der Waals surface area contributed by atoms with E-state index in [1.807, 2.05) is 16.8 Å². The summed E-state index contributed by atoms with van der Waals surface area (Å²) in [4.78, 5) is 8.30. The maximum atomic E-state index is 5.59. The van der Waals surface area contributed by atoms with Gasteiger partial charge < -0.3 is 14.0 Å². The lowest BCUT2D eigenvalue weighted by atomic mass is 9.91. The first-order chi connectivity index (χ1) is 14.8. The van der Waals surface area contributed by atoms with Gasteiger partial charge in [-0.05, 0) is 52.6 Å². The zero-order chi connectivity index (χ0) is 20.5. The Hall–Kier alpha value is -2.68. The normalized spacial score (nSPS) is 16.4. The topological polar surface area (TPSA) is 60.6 Å². The molecule has 0 radical (unpaired) electrons. The first-order valence-electron chi connectivity index (χ1n) is 9.64. The van der Waals surface area contributed by atoms with Crippen LogP contribution in [0.25, 0.3) is 11.4 Å². The third-order valence-electron chi connectivity index (χ3n) is 5.37. The van der Waals surface area contributed by atoms with Gasteiger partial charge >= 0.3 is 0 Å². The fourth-order valence-corrected chi connectivity index (χ4v) is 5.46.